The molecule has 1 aromatic carbocycles. The van der Waals surface area contributed by atoms with Crippen molar-refractivity contribution in [3.63, 3.8) is 0 Å². The molecule has 2 nitrogen and oxygen atoms in total. The van der Waals surface area contributed by atoms with Gasteiger partial charge in [-0.3, -0.25) is 0 Å². The smallest absolute Gasteiger partial charge is 0.106 e. The first-order valence-corrected chi connectivity index (χ1v) is 6.40. The van der Waals surface area contributed by atoms with Crippen molar-refractivity contribution < 1.29 is 0 Å². The number of nitrogens with one attached hydrogen (secondary N) is 1. The summed E-state index contributed by atoms with van der Waals surface area (Å²) in [6, 6.07) is 8.87. The lowest BCUT2D eigenvalue weighted by Crippen LogP contribution is -2.21. The predicted molar refractivity (Wildman–Crippen MR) is 69.0 cm³/mol. The normalized spacial score (nSPS) is 23.4. The van der Waals surface area contributed by atoms with Gasteiger partial charge in [-0.2, -0.15) is 0 Å². The molecule has 17 heavy (non-hydrogen) atoms. The molecule has 1 aliphatic rings. The Bertz CT molecular complexity index is 487. The Balaban J connectivity index is 1.82. The van der Waals surface area contributed by atoms with E-state index in [0.29, 0.717) is 5.92 Å². The Morgan fingerprint density at radius 1 is 1.35 bits per heavy atom. The first-order chi connectivity index (χ1) is 8.34. The molecule has 2 atom stereocenters. The van der Waals surface area contributed by atoms with Crippen molar-refractivity contribution in [1.82, 2.24) is 9.97 Å². The second-order valence-electron chi connectivity index (χ2n) is 5.03. The van der Waals surface area contributed by atoms with Crippen LogP contribution in [0.1, 0.15) is 36.2 Å². The maximum Gasteiger partial charge on any atom is 0.106 e. The molecule has 0 amide bonds. The number of fused-ring (bicyclic) bond motifs is 1. The molecular weight excluding hydrogens is 208 g/mol. The van der Waals surface area contributed by atoms with Crippen molar-refractivity contribution in [2.75, 3.05) is 0 Å². The predicted octanol–water partition coefficient (Wildman–Crippen LogP) is 3.32. The average molecular weight is 226 g/mol. The highest BCUT2D eigenvalue weighted by Crippen LogP contribution is 2.37. The summed E-state index contributed by atoms with van der Waals surface area (Å²) in [5, 5.41) is 0. The number of aromatic nitrogens is 2. The van der Waals surface area contributed by atoms with E-state index in [1.165, 1.54) is 24.0 Å². The molecule has 0 bridgehead atoms. The summed E-state index contributed by atoms with van der Waals surface area (Å²) in [4.78, 5) is 7.56. The fourth-order valence-corrected chi connectivity index (χ4v) is 2.99. The monoisotopic (exact) mass is 226 g/mol. The lowest BCUT2D eigenvalue weighted by molar-refractivity contribution is 0.383. The van der Waals surface area contributed by atoms with Crippen LogP contribution in [-0.2, 0) is 12.8 Å². The topological polar surface area (TPSA) is 28.7 Å². The Morgan fingerprint density at radius 2 is 2.24 bits per heavy atom. The molecule has 2 heteroatoms. The van der Waals surface area contributed by atoms with Gasteiger partial charge in [0.2, 0.25) is 0 Å². The molecule has 1 aromatic heterocycles. The highest BCUT2D eigenvalue weighted by atomic mass is 14.9. The third-order valence-electron chi connectivity index (χ3n) is 4.05. The second kappa shape index (κ2) is 4.36. The van der Waals surface area contributed by atoms with Crippen molar-refractivity contribution in [3.05, 3.63) is 53.6 Å². The summed E-state index contributed by atoms with van der Waals surface area (Å²) in [5.41, 5.74) is 3.08. The van der Waals surface area contributed by atoms with Gasteiger partial charge in [0.15, 0.2) is 0 Å². The summed E-state index contributed by atoms with van der Waals surface area (Å²) in [5.74, 6) is 2.49. The molecule has 2 aromatic rings. The number of nitrogens with zero attached hydrogens (tertiary/aromatic N) is 1. The number of hydrogen-bond donors (Lipinski definition) is 1. The van der Waals surface area contributed by atoms with Crippen LogP contribution in [0.5, 0.6) is 0 Å². The van der Waals surface area contributed by atoms with Gasteiger partial charge in [-0.25, -0.2) is 4.98 Å². The molecule has 0 saturated heterocycles. The zero-order chi connectivity index (χ0) is 11.7. The number of aryl methyl sites for hydroxylation is 1. The zero-order valence-electron chi connectivity index (χ0n) is 10.2. The van der Waals surface area contributed by atoms with Crippen LogP contribution >= 0.6 is 0 Å². The van der Waals surface area contributed by atoms with Gasteiger partial charge < -0.3 is 4.98 Å². The van der Waals surface area contributed by atoms with E-state index < -0.39 is 0 Å². The quantitative estimate of drug-likeness (QED) is 0.836. The van der Waals surface area contributed by atoms with Crippen LogP contribution in [0.15, 0.2) is 36.7 Å². The molecular formula is C15H18N2. The van der Waals surface area contributed by atoms with Crippen molar-refractivity contribution in [3.8, 4) is 0 Å². The molecule has 0 saturated carbocycles. The number of aromatic amines is 1. The number of hydrogen-bond acceptors (Lipinski definition) is 1. The van der Waals surface area contributed by atoms with E-state index in [1.54, 1.807) is 0 Å². The van der Waals surface area contributed by atoms with Gasteiger partial charge in [0.1, 0.15) is 5.82 Å². The van der Waals surface area contributed by atoms with Gasteiger partial charge in [-0.05, 0) is 35.8 Å². The van der Waals surface area contributed by atoms with Crippen molar-refractivity contribution in [1.29, 1.82) is 0 Å². The second-order valence-corrected chi connectivity index (χ2v) is 5.03. The van der Waals surface area contributed by atoms with E-state index in [2.05, 4.69) is 41.2 Å². The van der Waals surface area contributed by atoms with E-state index in [1.807, 2.05) is 12.4 Å². The van der Waals surface area contributed by atoms with Gasteiger partial charge in [-0.1, -0.05) is 31.2 Å². The molecule has 1 aliphatic carbocycles. The minimum Gasteiger partial charge on any atom is -0.349 e. The largest absolute Gasteiger partial charge is 0.349 e. The van der Waals surface area contributed by atoms with Crippen LogP contribution in [0.3, 0.4) is 0 Å². The molecule has 88 valence electrons. The SMILES string of the molecule is CC1c2ccccc2CCC1Cc1ncc[nH]1. The minimum absolute atomic E-state index is 0.644. The van der Waals surface area contributed by atoms with E-state index in [9.17, 15) is 0 Å². The number of rotatable bonds is 2. The number of imidazole rings is 1. The summed E-state index contributed by atoms with van der Waals surface area (Å²) >= 11 is 0. The molecule has 0 aliphatic heterocycles. The van der Waals surface area contributed by atoms with Gasteiger partial charge >= 0.3 is 0 Å². The van der Waals surface area contributed by atoms with E-state index in [4.69, 9.17) is 0 Å². The van der Waals surface area contributed by atoms with Crippen LogP contribution < -0.4 is 0 Å². The molecule has 3 rings (SSSR count). The van der Waals surface area contributed by atoms with Crippen LogP contribution in [0.4, 0.5) is 0 Å². The Labute approximate surface area is 102 Å². The van der Waals surface area contributed by atoms with Crippen LogP contribution in [0.25, 0.3) is 0 Å². The molecule has 1 N–H and O–H groups in total. The van der Waals surface area contributed by atoms with Gasteiger partial charge in [-0.15, -0.1) is 0 Å². The van der Waals surface area contributed by atoms with E-state index in [0.717, 1.165) is 18.2 Å². The summed E-state index contributed by atoms with van der Waals surface area (Å²) in [6.45, 7) is 2.35. The summed E-state index contributed by atoms with van der Waals surface area (Å²) in [6.07, 6.45) is 7.32. The third-order valence-corrected chi connectivity index (χ3v) is 4.05. The highest BCUT2D eigenvalue weighted by molar-refractivity contribution is 5.33. The van der Waals surface area contributed by atoms with Crippen molar-refractivity contribution >= 4 is 0 Å². The fourth-order valence-electron chi connectivity index (χ4n) is 2.99. The molecule has 0 fully saturated rings. The van der Waals surface area contributed by atoms with E-state index in [-0.39, 0.29) is 0 Å². The van der Waals surface area contributed by atoms with Crippen LogP contribution in [0.2, 0.25) is 0 Å². The number of benzene rings is 1. The molecule has 0 radical (unpaired) electrons. The number of H-pyrrole nitrogens is 1. The van der Waals surface area contributed by atoms with Gasteiger partial charge in [0.25, 0.3) is 0 Å². The standard InChI is InChI=1S/C15H18N2/c1-11-13(10-15-16-8-9-17-15)7-6-12-4-2-3-5-14(11)12/h2-5,8-9,11,13H,6-7,10H2,1H3,(H,16,17). The Hall–Kier alpha value is -1.57. The van der Waals surface area contributed by atoms with E-state index >= 15 is 0 Å². The Morgan fingerprint density at radius 3 is 3.06 bits per heavy atom. The minimum atomic E-state index is 0.644. The lowest BCUT2D eigenvalue weighted by Gasteiger charge is -2.30. The average Bonchev–Trinajstić information content (AvgIpc) is 2.86. The van der Waals surface area contributed by atoms with Crippen molar-refractivity contribution in [2.24, 2.45) is 5.92 Å². The maximum absolute atomic E-state index is 4.35. The summed E-state index contributed by atoms with van der Waals surface area (Å²) < 4.78 is 0. The van der Waals surface area contributed by atoms with Gasteiger partial charge in [0, 0.05) is 18.8 Å². The molecule has 0 spiro atoms. The third kappa shape index (κ3) is 1.99. The maximum atomic E-state index is 4.35. The van der Waals surface area contributed by atoms with Gasteiger partial charge in [0.05, 0.1) is 0 Å². The van der Waals surface area contributed by atoms with Crippen LogP contribution in [-0.4, -0.2) is 9.97 Å². The van der Waals surface area contributed by atoms with Crippen molar-refractivity contribution in [2.45, 2.75) is 32.1 Å². The first-order valence-electron chi connectivity index (χ1n) is 6.40. The summed E-state index contributed by atoms with van der Waals surface area (Å²) in [7, 11) is 0. The molecule has 1 heterocycles. The first kappa shape index (κ1) is 10.6. The fraction of sp³-hybridized carbons (Fsp3) is 0.400. The lowest BCUT2D eigenvalue weighted by atomic mass is 9.74. The molecule has 2 unspecified atom stereocenters. The zero-order valence-corrected chi connectivity index (χ0v) is 10.2. The highest BCUT2D eigenvalue weighted by Gasteiger charge is 2.26. The van der Waals surface area contributed by atoms with Crippen LogP contribution in [0, 0.1) is 5.92 Å². The Kier molecular flexibility index (Phi) is 2.71.